The summed E-state index contributed by atoms with van der Waals surface area (Å²) in [5.74, 6) is -1.59. The van der Waals surface area contributed by atoms with Gasteiger partial charge in [-0.3, -0.25) is 9.20 Å². The van der Waals surface area contributed by atoms with Gasteiger partial charge in [0.05, 0.1) is 18.5 Å². The van der Waals surface area contributed by atoms with Gasteiger partial charge in [0.2, 0.25) is 0 Å². The highest BCUT2D eigenvalue weighted by Gasteiger charge is 2.19. The minimum absolute atomic E-state index is 0.103. The molecule has 0 unspecified atom stereocenters. The van der Waals surface area contributed by atoms with Gasteiger partial charge in [-0.25, -0.2) is 13.8 Å². The molecule has 1 N–H and O–H groups in total. The predicted octanol–water partition coefficient (Wildman–Crippen LogP) is 3.18. The van der Waals surface area contributed by atoms with Gasteiger partial charge in [0.1, 0.15) is 17.3 Å². The fraction of sp³-hybridized carbons (Fsp3) is 0.125. The number of halogens is 2. The average molecular weight is 317 g/mol. The van der Waals surface area contributed by atoms with E-state index in [4.69, 9.17) is 4.74 Å². The first-order chi connectivity index (χ1) is 11.0. The van der Waals surface area contributed by atoms with E-state index in [1.54, 1.807) is 29.7 Å². The summed E-state index contributed by atoms with van der Waals surface area (Å²) in [5.41, 5.74) is 1.10. The number of rotatable bonds is 3. The van der Waals surface area contributed by atoms with Crippen LogP contribution in [0, 0.1) is 18.6 Å². The molecule has 23 heavy (non-hydrogen) atoms. The Kier molecular flexibility index (Phi) is 3.69. The van der Waals surface area contributed by atoms with Crippen molar-refractivity contribution in [3.05, 3.63) is 59.6 Å². The van der Waals surface area contributed by atoms with E-state index < -0.39 is 17.5 Å². The van der Waals surface area contributed by atoms with Crippen LogP contribution in [0.25, 0.3) is 5.65 Å². The Bertz CT molecular complexity index is 906. The number of carbonyl (C=O) groups is 1. The number of carbonyl (C=O) groups excluding carboxylic acids is 1. The number of aryl methyl sites for hydroxylation is 1. The highest BCUT2D eigenvalue weighted by atomic mass is 19.1. The Balaban J connectivity index is 2.03. The molecule has 0 fully saturated rings. The van der Waals surface area contributed by atoms with E-state index in [2.05, 4.69) is 10.3 Å². The molecule has 5 nitrogen and oxygen atoms in total. The summed E-state index contributed by atoms with van der Waals surface area (Å²) in [6.07, 6.45) is 1.66. The second-order valence-corrected chi connectivity index (χ2v) is 4.89. The zero-order valence-electron chi connectivity index (χ0n) is 12.4. The number of amides is 1. The molecule has 1 amide bonds. The van der Waals surface area contributed by atoms with Crippen LogP contribution in [-0.4, -0.2) is 22.4 Å². The van der Waals surface area contributed by atoms with Crippen LogP contribution in [0.15, 0.2) is 36.5 Å². The van der Waals surface area contributed by atoms with Crippen molar-refractivity contribution in [2.24, 2.45) is 0 Å². The lowest BCUT2D eigenvalue weighted by Gasteiger charge is -2.08. The van der Waals surface area contributed by atoms with Gasteiger partial charge in [-0.2, -0.15) is 0 Å². The van der Waals surface area contributed by atoms with Crippen LogP contribution >= 0.6 is 0 Å². The topological polar surface area (TPSA) is 55.6 Å². The van der Waals surface area contributed by atoms with Gasteiger partial charge in [0, 0.05) is 12.3 Å². The zero-order valence-corrected chi connectivity index (χ0v) is 12.4. The van der Waals surface area contributed by atoms with Gasteiger partial charge in [-0.15, -0.1) is 0 Å². The van der Waals surface area contributed by atoms with Gasteiger partial charge in [0.15, 0.2) is 11.4 Å². The van der Waals surface area contributed by atoms with Crippen LogP contribution in [-0.2, 0) is 0 Å². The Morgan fingerprint density at radius 3 is 2.78 bits per heavy atom. The first-order valence-electron chi connectivity index (χ1n) is 6.79. The maximum absolute atomic E-state index is 13.7. The number of benzene rings is 1. The number of pyridine rings is 1. The van der Waals surface area contributed by atoms with E-state index in [1.807, 2.05) is 0 Å². The monoisotopic (exact) mass is 317 g/mol. The smallest absolute Gasteiger partial charge is 0.274 e. The number of imidazole rings is 1. The number of nitrogens with one attached hydrogen (secondary N) is 1. The average Bonchev–Trinajstić information content (AvgIpc) is 2.85. The molecule has 7 heteroatoms. The normalized spacial score (nSPS) is 10.8. The van der Waals surface area contributed by atoms with Crippen LogP contribution in [0.1, 0.15) is 16.2 Å². The molecule has 3 rings (SSSR count). The minimum Gasteiger partial charge on any atom is -0.493 e. The summed E-state index contributed by atoms with van der Waals surface area (Å²) >= 11 is 0. The molecule has 2 heterocycles. The summed E-state index contributed by atoms with van der Waals surface area (Å²) in [4.78, 5) is 16.8. The van der Waals surface area contributed by atoms with E-state index in [0.29, 0.717) is 23.2 Å². The Hall–Kier alpha value is -2.96. The largest absolute Gasteiger partial charge is 0.493 e. The zero-order chi connectivity index (χ0) is 16.6. The van der Waals surface area contributed by atoms with Crippen molar-refractivity contribution in [1.29, 1.82) is 0 Å². The number of nitrogens with zero attached hydrogens (tertiary/aromatic N) is 2. The number of hydrogen-bond acceptors (Lipinski definition) is 3. The lowest BCUT2D eigenvalue weighted by molar-refractivity contribution is 0.102. The molecule has 0 aliphatic carbocycles. The van der Waals surface area contributed by atoms with E-state index >= 15 is 0 Å². The summed E-state index contributed by atoms with van der Waals surface area (Å²) in [5, 5.41) is 2.43. The third-order valence-electron chi connectivity index (χ3n) is 3.40. The molecule has 1 aromatic carbocycles. The lowest BCUT2D eigenvalue weighted by atomic mass is 10.2. The molecule has 0 saturated heterocycles. The van der Waals surface area contributed by atoms with Crippen molar-refractivity contribution in [3.63, 3.8) is 0 Å². The van der Waals surface area contributed by atoms with E-state index in [1.165, 1.54) is 13.2 Å². The number of anilines is 1. The van der Waals surface area contributed by atoms with Gasteiger partial charge < -0.3 is 10.1 Å². The third-order valence-corrected chi connectivity index (χ3v) is 3.40. The van der Waals surface area contributed by atoms with Crippen LogP contribution in [0.4, 0.5) is 14.5 Å². The van der Waals surface area contributed by atoms with Gasteiger partial charge in [-0.05, 0) is 31.2 Å². The predicted molar refractivity (Wildman–Crippen MR) is 80.8 cm³/mol. The van der Waals surface area contributed by atoms with Crippen molar-refractivity contribution in [3.8, 4) is 5.75 Å². The van der Waals surface area contributed by atoms with Crippen LogP contribution in [0.5, 0.6) is 5.75 Å². The van der Waals surface area contributed by atoms with Crippen molar-refractivity contribution in [2.45, 2.75) is 6.92 Å². The van der Waals surface area contributed by atoms with Gasteiger partial charge in [0.25, 0.3) is 5.91 Å². The highest BCUT2D eigenvalue weighted by Crippen LogP contribution is 2.23. The number of ether oxygens (including phenoxy) is 1. The molecular weight excluding hydrogens is 304 g/mol. The SMILES string of the molecule is COc1cccn2c(C(=O)Nc3ccc(F)cc3F)c(C)nc12. The van der Waals surface area contributed by atoms with E-state index in [-0.39, 0.29) is 11.4 Å². The first kappa shape index (κ1) is 15.0. The van der Waals surface area contributed by atoms with E-state index in [0.717, 1.165) is 6.07 Å². The Morgan fingerprint density at radius 1 is 1.30 bits per heavy atom. The number of hydrogen-bond donors (Lipinski definition) is 1. The van der Waals surface area contributed by atoms with E-state index in [9.17, 15) is 13.6 Å². The number of aromatic nitrogens is 2. The molecule has 0 saturated carbocycles. The molecule has 0 bridgehead atoms. The molecule has 3 aromatic rings. The second kappa shape index (κ2) is 5.68. The van der Waals surface area contributed by atoms with Crippen LogP contribution < -0.4 is 10.1 Å². The molecule has 2 aromatic heterocycles. The van der Waals surface area contributed by atoms with Gasteiger partial charge in [-0.1, -0.05) is 0 Å². The van der Waals surface area contributed by atoms with Crippen molar-refractivity contribution < 1.29 is 18.3 Å². The highest BCUT2D eigenvalue weighted by molar-refractivity contribution is 6.04. The van der Waals surface area contributed by atoms with Crippen molar-refractivity contribution >= 4 is 17.2 Å². The molecule has 0 spiro atoms. The van der Waals surface area contributed by atoms with Crippen molar-refractivity contribution in [2.75, 3.05) is 12.4 Å². The number of fused-ring (bicyclic) bond motifs is 1. The van der Waals surface area contributed by atoms with Crippen molar-refractivity contribution in [1.82, 2.24) is 9.38 Å². The molecular formula is C16H13F2N3O2. The Morgan fingerprint density at radius 2 is 2.09 bits per heavy atom. The molecule has 118 valence electrons. The standard InChI is InChI=1S/C16H13F2N3O2/c1-9-14(21-7-3-4-13(23-2)15(21)19-9)16(22)20-12-6-5-10(17)8-11(12)18/h3-8H,1-2H3,(H,20,22). The summed E-state index contributed by atoms with van der Waals surface area (Å²) in [6.45, 7) is 1.67. The second-order valence-electron chi connectivity index (χ2n) is 4.89. The molecule has 0 aliphatic rings. The van der Waals surface area contributed by atoms with Gasteiger partial charge >= 0.3 is 0 Å². The fourth-order valence-corrected chi connectivity index (χ4v) is 2.36. The Labute approximate surface area is 130 Å². The lowest BCUT2D eigenvalue weighted by Crippen LogP contribution is -2.16. The summed E-state index contributed by atoms with van der Waals surface area (Å²) in [6, 6.07) is 6.39. The molecule has 0 radical (unpaired) electrons. The van der Waals surface area contributed by atoms with Crippen LogP contribution in [0.3, 0.4) is 0 Å². The quantitative estimate of drug-likeness (QED) is 0.807. The molecule has 0 aliphatic heterocycles. The van der Waals surface area contributed by atoms with Crippen LogP contribution in [0.2, 0.25) is 0 Å². The maximum atomic E-state index is 13.7. The maximum Gasteiger partial charge on any atom is 0.274 e. The summed E-state index contributed by atoms with van der Waals surface area (Å²) < 4.78 is 33.4. The number of methoxy groups -OCH3 is 1. The third kappa shape index (κ3) is 2.61. The molecule has 0 atom stereocenters. The fourth-order valence-electron chi connectivity index (χ4n) is 2.36. The summed E-state index contributed by atoms with van der Waals surface area (Å²) in [7, 11) is 1.51. The first-order valence-corrected chi connectivity index (χ1v) is 6.79. The minimum atomic E-state index is -0.845.